The van der Waals surface area contributed by atoms with Gasteiger partial charge in [0.05, 0.1) is 12.6 Å². The van der Waals surface area contributed by atoms with Gasteiger partial charge in [0.15, 0.2) is 0 Å². The van der Waals surface area contributed by atoms with E-state index >= 15 is 0 Å². The molecule has 0 unspecified atom stereocenters. The molecule has 96 valence electrons. The zero-order chi connectivity index (χ0) is 12.9. The highest BCUT2D eigenvalue weighted by Gasteiger charge is 2.20. The van der Waals surface area contributed by atoms with E-state index in [9.17, 15) is 4.79 Å². The first-order chi connectivity index (χ1) is 7.92. The largest absolute Gasteiger partial charge is 0.444 e. The van der Waals surface area contributed by atoms with E-state index < -0.39 is 11.7 Å². The summed E-state index contributed by atoms with van der Waals surface area (Å²) < 4.78 is 10.3. The van der Waals surface area contributed by atoms with Crippen LogP contribution in [0.3, 0.4) is 0 Å². The van der Waals surface area contributed by atoms with Crippen LogP contribution in [0, 0.1) is 0 Å². The summed E-state index contributed by atoms with van der Waals surface area (Å²) >= 11 is 1.59. The molecule has 0 bridgehead atoms. The lowest BCUT2D eigenvalue weighted by atomic mass is 10.1. The van der Waals surface area contributed by atoms with Gasteiger partial charge in [-0.2, -0.15) is 11.3 Å². The Morgan fingerprint density at radius 3 is 2.71 bits per heavy atom. The Morgan fingerprint density at radius 1 is 1.53 bits per heavy atom. The third-order valence-corrected chi connectivity index (χ3v) is 2.67. The molecule has 17 heavy (non-hydrogen) atoms. The van der Waals surface area contributed by atoms with Crippen LogP contribution in [0.15, 0.2) is 16.8 Å². The number of alkyl carbamates (subject to hydrolysis) is 1. The second-order valence-electron chi connectivity index (χ2n) is 4.71. The number of nitrogens with one attached hydrogen (secondary N) is 1. The Bertz CT molecular complexity index is 343. The molecular weight excluding hydrogens is 238 g/mol. The molecule has 1 N–H and O–H groups in total. The number of ether oxygens (including phenoxy) is 2. The van der Waals surface area contributed by atoms with Gasteiger partial charge in [0.2, 0.25) is 0 Å². The quantitative estimate of drug-likeness (QED) is 0.902. The average Bonchev–Trinajstić information content (AvgIpc) is 2.66. The van der Waals surface area contributed by atoms with Crippen LogP contribution in [0.4, 0.5) is 4.79 Å². The second kappa shape index (κ2) is 6.02. The fraction of sp³-hybridized carbons (Fsp3) is 0.583. The number of amides is 1. The van der Waals surface area contributed by atoms with Crippen molar-refractivity contribution in [1.29, 1.82) is 0 Å². The molecule has 0 saturated carbocycles. The van der Waals surface area contributed by atoms with Gasteiger partial charge in [-0.15, -0.1) is 0 Å². The van der Waals surface area contributed by atoms with Crippen LogP contribution in [-0.4, -0.2) is 25.4 Å². The molecule has 0 aliphatic rings. The lowest BCUT2D eigenvalue weighted by Crippen LogP contribution is -2.36. The van der Waals surface area contributed by atoms with Gasteiger partial charge in [-0.3, -0.25) is 0 Å². The zero-order valence-corrected chi connectivity index (χ0v) is 11.5. The minimum atomic E-state index is -0.490. The summed E-state index contributed by atoms with van der Waals surface area (Å²) in [6.45, 7) is 5.93. The Hall–Kier alpha value is -1.07. The minimum Gasteiger partial charge on any atom is -0.444 e. The van der Waals surface area contributed by atoms with Crippen molar-refractivity contribution < 1.29 is 14.3 Å². The SMILES string of the molecule is COC[C@@H](NC(=O)OC(C)(C)C)c1ccsc1. The standard InChI is InChI=1S/C12H19NO3S/c1-12(2,3)16-11(14)13-10(7-15-4)9-5-6-17-8-9/h5-6,8,10H,7H2,1-4H3,(H,13,14)/t10-/m1/s1. The first-order valence-corrected chi connectivity index (χ1v) is 6.37. The molecular formula is C12H19NO3S. The predicted molar refractivity (Wildman–Crippen MR) is 68.3 cm³/mol. The smallest absolute Gasteiger partial charge is 0.408 e. The summed E-state index contributed by atoms with van der Waals surface area (Å²) in [5.41, 5.74) is 0.541. The van der Waals surface area contributed by atoms with Crippen molar-refractivity contribution in [3.8, 4) is 0 Å². The van der Waals surface area contributed by atoms with Crippen LogP contribution in [0.2, 0.25) is 0 Å². The lowest BCUT2D eigenvalue weighted by Gasteiger charge is -2.23. The van der Waals surface area contributed by atoms with Gasteiger partial charge in [-0.25, -0.2) is 4.79 Å². The Morgan fingerprint density at radius 2 is 2.24 bits per heavy atom. The zero-order valence-electron chi connectivity index (χ0n) is 10.6. The van der Waals surface area contributed by atoms with E-state index in [1.807, 2.05) is 37.6 Å². The normalized spacial score (nSPS) is 13.2. The summed E-state index contributed by atoms with van der Waals surface area (Å²) in [6.07, 6.45) is -0.425. The third kappa shape index (κ3) is 5.19. The van der Waals surface area contributed by atoms with Gasteiger partial charge < -0.3 is 14.8 Å². The Balaban J connectivity index is 2.59. The molecule has 0 aromatic carbocycles. The predicted octanol–water partition coefficient (Wildman–Crippen LogP) is 2.96. The second-order valence-corrected chi connectivity index (χ2v) is 5.49. The summed E-state index contributed by atoms with van der Waals surface area (Å²) in [7, 11) is 1.61. The molecule has 1 amide bonds. The first kappa shape index (κ1) is 14.0. The highest BCUT2D eigenvalue weighted by molar-refractivity contribution is 7.07. The van der Waals surface area contributed by atoms with Crippen molar-refractivity contribution in [2.45, 2.75) is 32.4 Å². The molecule has 5 heteroatoms. The number of hydrogen-bond donors (Lipinski definition) is 1. The maximum atomic E-state index is 11.7. The van der Waals surface area contributed by atoms with Crippen LogP contribution >= 0.6 is 11.3 Å². The molecule has 1 aromatic rings. The van der Waals surface area contributed by atoms with E-state index in [1.165, 1.54) is 0 Å². The van der Waals surface area contributed by atoms with Crippen molar-refractivity contribution >= 4 is 17.4 Å². The molecule has 1 aromatic heterocycles. The fourth-order valence-electron chi connectivity index (χ4n) is 1.31. The number of carbonyl (C=O) groups is 1. The highest BCUT2D eigenvalue weighted by Crippen LogP contribution is 2.17. The van der Waals surface area contributed by atoms with Crippen molar-refractivity contribution in [2.24, 2.45) is 0 Å². The van der Waals surface area contributed by atoms with Gasteiger partial charge in [-0.1, -0.05) is 0 Å². The van der Waals surface area contributed by atoms with E-state index in [2.05, 4.69) is 5.32 Å². The molecule has 1 atom stereocenters. The van der Waals surface area contributed by atoms with Crippen LogP contribution in [0.25, 0.3) is 0 Å². The van der Waals surface area contributed by atoms with Crippen LogP contribution < -0.4 is 5.32 Å². The number of methoxy groups -OCH3 is 1. The van der Waals surface area contributed by atoms with Crippen LogP contribution in [0.1, 0.15) is 32.4 Å². The van der Waals surface area contributed by atoms with E-state index in [4.69, 9.17) is 9.47 Å². The molecule has 0 saturated heterocycles. The van der Waals surface area contributed by atoms with Crippen LogP contribution in [-0.2, 0) is 9.47 Å². The fourth-order valence-corrected chi connectivity index (χ4v) is 2.03. The number of carbonyl (C=O) groups excluding carboxylic acids is 1. The summed E-state index contributed by atoms with van der Waals surface area (Å²) in [6, 6.07) is 1.80. The maximum Gasteiger partial charge on any atom is 0.408 e. The number of thiophene rings is 1. The first-order valence-electron chi connectivity index (χ1n) is 5.43. The lowest BCUT2D eigenvalue weighted by molar-refractivity contribution is 0.0468. The highest BCUT2D eigenvalue weighted by atomic mass is 32.1. The van der Waals surface area contributed by atoms with Crippen molar-refractivity contribution in [1.82, 2.24) is 5.32 Å². The van der Waals surface area contributed by atoms with Gasteiger partial charge in [0, 0.05) is 7.11 Å². The molecule has 0 aliphatic heterocycles. The Labute approximate surface area is 106 Å². The topological polar surface area (TPSA) is 47.6 Å². The maximum absolute atomic E-state index is 11.7. The molecule has 1 heterocycles. The molecule has 0 aliphatic carbocycles. The minimum absolute atomic E-state index is 0.166. The summed E-state index contributed by atoms with van der Waals surface area (Å²) in [5, 5.41) is 6.75. The van der Waals surface area contributed by atoms with Crippen molar-refractivity contribution in [3.05, 3.63) is 22.4 Å². The Kier molecular flexibility index (Phi) is 4.96. The molecule has 1 rings (SSSR count). The van der Waals surface area contributed by atoms with E-state index in [0.29, 0.717) is 6.61 Å². The molecule has 0 spiro atoms. The van der Waals surface area contributed by atoms with Crippen molar-refractivity contribution in [3.63, 3.8) is 0 Å². The molecule has 0 radical (unpaired) electrons. The van der Waals surface area contributed by atoms with Gasteiger partial charge in [0.1, 0.15) is 5.60 Å². The summed E-state index contributed by atoms with van der Waals surface area (Å²) in [5.74, 6) is 0. The van der Waals surface area contributed by atoms with Gasteiger partial charge >= 0.3 is 6.09 Å². The van der Waals surface area contributed by atoms with E-state index in [-0.39, 0.29) is 6.04 Å². The van der Waals surface area contributed by atoms with Crippen LogP contribution in [0.5, 0.6) is 0 Å². The molecule has 4 nitrogen and oxygen atoms in total. The van der Waals surface area contributed by atoms with E-state index in [0.717, 1.165) is 5.56 Å². The van der Waals surface area contributed by atoms with Gasteiger partial charge in [-0.05, 0) is 43.2 Å². The number of rotatable bonds is 4. The van der Waals surface area contributed by atoms with Crippen molar-refractivity contribution in [2.75, 3.05) is 13.7 Å². The number of hydrogen-bond acceptors (Lipinski definition) is 4. The summed E-state index contributed by atoms with van der Waals surface area (Å²) in [4.78, 5) is 11.7. The average molecular weight is 257 g/mol. The molecule has 0 fully saturated rings. The van der Waals surface area contributed by atoms with E-state index in [1.54, 1.807) is 18.4 Å². The monoisotopic (exact) mass is 257 g/mol. The van der Waals surface area contributed by atoms with Gasteiger partial charge in [0.25, 0.3) is 0 Å². The third-order valence-electron chi connectivity index (χ3n) is 1.97.